The summed E-state index contributed by atoms with van der Waals surface area (Å²) in [5.41, 5.74) is -0.0564. The molecule has 3 saturated carbocycles. The number of allylic oxidation sites excluding steroid dienone is 1. The van der Waals surface area contributed by atoms with E-state index in [9.17, 15) is 9.90 Å². The Hall–Kier alpha value is -0.700. The van der Waals surface area contributed by atoms with E-state index in [2.05, 4.69) is 13.8 Å². The first kappa shape index (κ1) is 15.8. The molecule has 0 saturated heterocycles. The molecule has 4 aliphatic carbocycles. The van der Waals surface area contributed by atoms with E-state index in [0.29, 0.717) is 30.6 Å². The Morgan fingerprint density at radius 1 is 1.13 bits per heavy atom. The Balaban J connectivity index is 1.74. The zero-order chi connectivity index (χ0) is 16.6. The Kier molecular flexibility index (Phi) is 3.22. The van der Waals surface area contributed by atoms with E-state index in [4.69, 9.17) is 0 Å². The number of alkyl halides is 1. The van der Waals surface area contributed by atoms with Crippen LogP contribution in [-0.4, -0.2) is 22.7 Å². The van der Waals surface area contributed by atoms with Crippen molar-refractivity contribution in [3.05, 3.63) is 11.6 Å². The van der Waals surface area contributed by atoms with Crippen LogP contribution in [0.5, 0.6) is 0 Å². The molecule has 4 rings (SSSR count). The fourth-order valence-electron chi connectivity index (χ4n) is 6.80. The van der Waals surface area contributed by atoms with Crippen LogP contribution in [0.4, 0.5) is 4.39 Å². The third-order valence-electron chi connectivity index (χ3n) is 8.50. The van der Waals surface area contributed by atoms with Crippen molar-refractivity contribution in [2.45, 2.75) is 77.5 Å². The average Bonchev–Trinajstić information content (AvgIpc) is 2.72. The summed E-state index contributed by atoms with van der Waals surface area (Å²) in [5.74, 6) is 1.35. The van der Waals surface area contributed by atoms with Crippen LogP contribution in [0.1, 0.15) is 65.7 Å². The number of fused-ring (bicyclic) bond motifs is 5. The van der Waals surface area contributed by atoms with Gasteiger partial charge in [0.05, 0.1) is 5.60 Å². The van der Waals surface area contributed by atoms with Gasteiger partial charge in [-0.25, -0.2) is 4.39 Å². The first-order valence-electron chi connectivity index (χ1n) is 9.30. The minimum absolute atomic E-state index is 0.0735. The second kappa shape index (κ2) is 4.68. The number of ketones is 1. The molecule has 3 fully saturated rings. The average molecular weight is 320 g/mol. The zero-order valence-electron chi connectivity index (χ0n) is 14.6. The van der Waals surface area contributed by atoms with Crippen molar-refractivity contribution in [1.29, 1.82) is 0 Å². The van der Waals surface area contributed by atoms with E-state index >= 15 is 4.39 Å². The van der Waals surface area contributed by atoms with Crippen LogP contribution >= 0.6 is 0 Å². The molecule has 2 nitrogen and oxygen atoms in total. The van der Waals surface area contributed by atoms with Gasteiger partial charge in [0.15, 0.2) is 5.78 Å². The van der Waals surface area contributed by atoms with Crippen molar-refractivity contribution >= 4 is 5.78 Å². The topological polar surface area (TPSA) is 37.3 Å². The highest BCUT2D eigenvalue weighted by Crippen LogP contribution is 2.67. The minimum atomic E-state index is -0.974. The Morgan fingerprint density at radius 3 is 2.57 bits per heavy atom. The Bertz CT molecular complexity index is 580. The van der Waals surface area contributed by atoms with Crippen LogP contribution in [0.2, 0.25) is 0 Å². The number of rotatable bonds is 0. The highest BCUT2D eigenvalue weighted by Gasteiger charge is 2.63. The van der Waals surface area contributed by atoms with Crippen LogP contribution in [0, 0.1) is 28.6 Å². The van der Waals surface area contributed by atoms with E-state index in [1.807, 2.05) is 6.92 Å². The largest absolute Gasteiger partial charge is 0.390 e. The highest BCUT2D eigenvalue weighted by molar-refractivity contribution is 5.91. The maximum atomic E-state index is 15.0. The predicted octanol–water partition coefficient (Wildman–Crippen LogP) is 4.22. The third kappa shape index (κ3) is 1.92. The molecular formula is C20H29FO2. The van der Waals surface area contributed by atoms with Gasteiger partial charge in [0.25, 0.3) is 0 Å². The molecule has 0 spiro atoms. The molecule has 128 valence electrons. The first-order chi connectivity index (χ1) is 10.7. The van der Waals surface area contributed by atoms with E-state index in [1.165, 1.54) is 0 Å². The SMILES string of the molecule is C[C@]12CCC(=O)C=C1[C@@H](F)C[C@@H]1[C@@H]2CC[C@@]2(C)[C@H]1CC[C@]2(C)O. The smallest absolute Gasteiger partial charge is 0.155 e. The maximum absolute atomic E-state index is 15.0. The second-order valence-electron chi connectivity index (χ2n) is 9.33. The Labute approximate surface area is 138 Å². The van der Waals surface area contributed by atoms with Gasteiger partial charge in [0, 0.05) is 6.42 Å². The van der Waals surface area contributed by atoms with Crippen molar-refractivity contribution in [3.8, 4) is 0 Å². The number of aliphatic hydroxyl groups is 1. The summed E-state index contributed by atoms with van der Waals surface area (Å²) in [6.07, 6.45) is 6.52. The van der Waals surface area contributed by atoms with Gasteiger partial charge in [0.1, 0.15) is 6.17 Å². The van der Waals surface area contributed by atoms with E-state index in [1.54, 1.807) is 6.08 Å². The summed E-state index contributed by atoms with van der Waals surface area (Å²) >= 11 is 0. The molecule has 0 amide bonds. The van der Waals surface area contributed by atoms with E-state index in [0.717, 1.165) is 37.7 Å². The Morgan fingerprint density at radius 2 is 1.83 bits per heavy atom. The van der Waals surface area contributed by atoms with Gasteiger partial charge in [-0.05, 0) is 85.7 Å². The minimum Gasteiger partial charge on any atom is -0.390 e. The summed E-state index contributed by atoms with van der Waals surface area (Å²) in [5, 5.41) is 10.9. The first-order valence-corrected chi connectivity index (χ1v) is 9.30. The molecule has 0 unspecified atom stereocenters. The van der Waals surface area contributed by atoms with E-state index in [-0.39, 0.29) is 16.6 Å². The lowest BCUT2D eigenvalue weighted by Crippen LogP contribution is -2.55. The summed E-state index contributed by atoms with van der Waals surface area (Å²) < 4.78 is 15.0. The molecule has 0 aromatic rings. The van der Waals surface area contributed by atoms with Gasteiger partial charge in [-0.15, -0.1) is 0 Å². The molecule has 1 N–H and O–H groups in total. The molecule has 0 heterocycles. The van der Waals surface area contributed by atoms with Crippen LogP contribution in [-0.2, 0) is 4.79 Å². The van der Waals surface area contributed by atoms with Crippen LogP contribution in [0.25, 0.3) is 0 Å². The van der Waals surface area contributed by atoms with Gasteiger partial charge < -0.3 is 5.11 Å². The lowest BCUT2D eigenvalue weighted by molar-refractivity contribution is -0.128. The molecule has 4 aliphatic rings. The van der Waals surface area contributed by atoms with Crippen molar-refractivity contribution in [3.63, 3.8) is 0 Å². The van der Waals surface area contributed by atoms with Crippen molar-refractivity contribution in [1.82, 2.24) is 0 Å². The lowest BCUT2D eigenvalue weighted by atomic mass is 9.46. The van der Waals surface area contributed by atoms with Crippen molar-refractivity contribution in [2.75, 3.05) is 0 Å². The molecule has 0 aromatic carbocycles. The van der Waals surface area contributed by atoms with Gasteiger partial charge in [-0.3, -0.25) is 4.79 Å². The number of hydrogen-bond acceptors (Lipinski definition) is 2. The maximum Gasteiger partial charge on any atom is 0.155 e. The van der Waals surface area contributed by atoms with Gasteiger partial charge in [0.2, 0.25) is 0 Å². The normalized spacial score (nSPS) is 55.7. The quantitative estimate of drug-likeness (QED) is 0.725. The molecule has 0 aromatic heterocycles. The van der Waals surface area contributed by atoms with Crippen molar-refractivity contribution < 1.29 is 14.3 Å². The van der Waals surface area contributed by atoms with Gasteiger partial charge in [-0.1, -0.05) is 13.8 Å². The highest BCUT2D eigenvalue weighted by atomic mass is 19.1. The van der Waals surface area contributed by atoms with Crippen LogP contribution in [0.15, 0.2) is 11.6 Å². The molecule has 0 bridgehead atoms. The summed E-state index contributed by atoms with van der Waals surface area (Å²) in [6, 6.07) is 0. The number of carbonyl (C=O) groups excluding carboxylic acids is 1. The molecule has 3 heteroatoms. The lowest BCUT2D eigenvalue weighted by Gasteiger charge is -2.59. The molecule has 0 aliphatic heterocycles. The van der Waals surface area contributed by atoms with Gasteiger partial charge in [-0.2, -0.15) is 0 Å². The third-order valence-corrected chi connectivity index (χ3v) is 8.50. The molecule has 7 atom stereocenters. The summed E-state index contributed by atoms with van der Waals surface area (Å²) in [7, 11) is 0. The number of hydrogen-bond donors (Lipinski definition) is 1. The van der Waals surface area contributed by atoms with Crippen LogP contribution < -0.4 is 0 Å². The zero-order valence-corrected chi connectivity index (χ0v) is 14.6. The number of halogens is 1. The summed E-state index contributed by atoms with van der Waals surface area (Å²) in [6.45, 7) is 6.41. The standard InChI is InChI=1S/C20H29FO2/c1-18-7-4-12(22)10-16(18)17(21)11-13-14(18)5-8-19(2)15(13)6-9-20(19,3)23/h10,13-15,17,23H,4-9,11H2,1-3H3/t13-,14+,15+,17+,18-,19+,20+/m1/s1. The number of carbonyl (C=O) groups is 1. The summed E-state index contributed by atoms with van der Waals surface area (Å²) in [4.78, 5) is 11.8. The molecule has 23 heavy (non-hydrogen) atoms. The predicted molar refractivity (Wildman–Crippen MR) is 87.6 cm³/mol. The molecule has 0 radical (unpaired) electrons. The second-order valence-corrected chi connectivity index (χ2v) is 9.33. The fourth-order valence-corrected chi connectivity index (χ4v) is 6.80. The van der Waals surface area contributed by atoms with Crippen LogP contribution in [0.3, 0.4) is 0 Å². The van der Waals surface area contributed by atoms with Crippen molar-refractivity contribution in [2.24, 2.45) is 28.6 Å². The van der Waals surface area contributed by atoms with Gasteiger partial charge >= 0.3 is 0 Å². The monoisotopic (exact) mass is 320 g/mol. The van der Waals surface area contributed by atoms with E-state index < -0.39 is 11.8 Å². The fraction of sp³-hybridized carbons (Fsp3) is 0.850. The molecular weight excluding hydrogens is 291 g/mol.